The van der Waals surface area contributed by atoms with Crippen LogP contribution in [0.2, 0.25) is 0 Å². The number of phenolic OH excluding ortho intramolecular Hbond substituents is 1. The summed E-state index contributed by atoms with van der Waals surface area (Å²) < 4.78 is 0. The summed E-state index contributed by atoms with van der Waals surface area (Å²) in [5, 5.41) is 17.8. The molecule has 1 aliphatic rings. The van der Waals surface area contributed by atoms with Crippen LogP contribution in [0.3, 0.4) is 0 Å². The summed E-state index contributed by atoms with van der Waals surface area (Å²) in [6, 6.07) is 27.7. The fourth-order valence-electron chi connectivity index (χ4n) is 4.82. The molecule has 5 aromatic carbocycles. The molecule has 1 N–H and O–H groups in total. The molecule has 0 atom stereocenters. The summed E-state index contributed by atoms with van der Waals surface area (Å²) >= 11 is 0. The molecular formula is C26H18O. The van der Waals surface area contributed by atoms with Crippen molar-refractivity contribution in [1.82, 2.24) is 0 Å². The van der Waals surface area contributed by atoms with Crippen LogP contribution in [-0.4, -0.2) is 5.11 Å². The molecule has 27 heavy (non-hydrogen) atoms. The van der Waals surface area contributed by atoms with Gasteiger partial charge in [-0.05, 0) is 91.7 Å². The van der Waals surface area contributed by atoms with Crippen LogP contribution in [0.4, 0.5) is 0 Å². The lowest BCUT2D eigenvalue weighted by molar-refractivity contribution is 0.475. The largest absolute Gasteiger partial charge is 0.508 e. The van der Waals surface area contributed by atoms with E-state index < -0.39 is 0 Å². The number of fused-ring (bicyclic) bond motifs is 2. The first-order valence-electron chi connectivity index (χ1n) is 9.48. The molecule has 0 bridgehead atoms. The third kappa shape index (κ3) is 2.06. The molecule has 1 heteroatoms. The van der Waals surface area contributed by atoms with Crippen LogP contribution in [0.5, 0.6) is 5.75 Å². The van der Waals surface area contributed by atoms with E-state index in [0.29, 0.717) is 5.75 Å². The Morgan fingerprint density at radius 1 is 0.630 bits per heavy atom. The second-order valence-corrected chi connectivity index (χ2v) is 7.49. The summed E-state index contributed by atoms with van der Waals surface area (Å²) in [6.07, 6.45) is 2.19. The smallest absolute Gasteiger partial charge is 0.115 e. The minimum atomic E-state index is 0.305. The van der Waals surface area contributed by atoms with Crippen molar-refractivity contribution >= 4 is 32.3 Å². The molecule has 0 saturated heterocycles. The Morgan fingerprint density at radius 3 is 2.33 bits per heavy atom. The summed E-state index contributed by atoms with van der Waals surface area (Å²) in [5.41, 5.74) is 5.32. The third-order valence-electron chi connectivity index (χ3n) is 6.00. The zero-order valence-corrected chi connectivity index (χ0v) is 14.9. The van der Waals surface area contributed by atoms with Crippen molar-refractivity contribution in [3.63, 3.8) is 0 Å². The summed E-state index contributed by atoms with van der Waals surface area (Å²) in [7, 11) is 0. The fraction of sp³-hybridized carbons (Fsp3) is 0.0769. The van der Waals surface area contributed by atoms with Crippen LogP contribution in [-0.2, 0) is 12.8 Å². The van der Waals surface area contributed by atoms with Crippen molar-refractivity contribution in [2.75, 3.05) is 0 Å². The molecule has 0 fully saturated rings. The van der Waals surface area contributed by atoms with Gasteiger partial charge in [0.2, 0.25) is 0 Å². The fourth-order valence-corrected chi connectivity index (χ4v) is 4.82. The van der Waals surface area contributed by atoms with E-state index in [1.165, 1.54) is 49.0 Å². The van der Waals surface area contributed by atoms with Crippen LogP contribution >= 0.6 is 0 Å². The number of rotatable bonds is 1. The molecule has 0 amide bonds. The van der Waals surface area contributed by atoms with E-state index in [-0.39, 0.29) is 0 Å². The van der Waals surface area contributed by atoms with Gasteiger partial charge in [0.25, 0.3) is 0 Å². The van der Waals surface area contributed by atoms with E-state index in [2.05, 4.69) is 54.6 Å². The monoisotopic (exact) mass is 346 g/mol. The van der Waals surface area contributed by atoms with E-state index in [1.54, 1.807) is 12.1 Å². The van der Waals surface area contributed by atoms with Gasteiger partial charge < -0.3 is 5.11 Å². The van der Waals surface area contributed by atoms with Gasteiger partial charge in [-0.15, -0.1) is 0 Å². The first-order chi connectivity index (χ1) is 13.3. The van der Waals surface area contributed by atoms with Crippen LogP contribution in [0.25, 0.3) is 43.4 Å². The summed E-state index contributed by atoms with van der Waals surface area (Å²) in [4.78, 5) is 0. The Bertz CT molecular complexity index is 1360. The Hall–Kier alpha value is -3.32. The molecule has 6 rings (SSSR count). The molecule has 0 radical (unpaired) electrons. The van der Waals surface area contributed by atoms with Gasteiger partial charge in [-0.25, -0.2) is 0 Å². The maximum atomic E-state index is 9.70. The van der Waals surface area contributed by atoms with Gasteiger partial charge in [-0.3, -0.25) is 0 Å². The van der Waals surface area contributed by atoms with Gasteiger partial charge >= 0.3 is 0 Å². The second kappa shape index (κ2) is 5.34. The van der Waals surface area contributed by atoms with Crippen LogP contribution in [0.15, 0.2) is 78.9 Å². The minimum absolute atomic E-state index is 0.305. The van der Waals surface area contributed by atoms with Gasteiger partial charge in [-0.2, -0.15) is 0 Å². The Labute approximate surface area is 157 Å². The first-order valence-corrected chi connectivity index (χ1v) is 9.48. The highest BCUT2D eigenvalue weighted by Gasteiger charge is 2.20. The lowest BCUT2D eigenvalue weighted by Crippen LogP contribution is -2.03. The number of hydrogen-bond donors (Lipinski definition) is 1. The number of aryl methyl sites for hydroxylation is 2. The first kappa shape index (κ1) is 14.8. The average molecular weight is 346 g/mol. The maximum Gasteiger partial charge on any atom is 0.115 e. The van der Waals surface area contributed by atoms with Crippen LogP contribution in [0, 0.1) is 0 Å². The van der Waals surface area contributed by atoms with Gasteiger partial charge in [0.1, 0.15) is 5.75 Å². The van der Waals surface area contributed by atoms with E-state index in [0.717, 1.165) is 18.4 Å². The van der Waals surface area contributed by atoms with E-state index in [4.69, 9.17) is 0 Å². The zero-order chi connectivity index (χ0) is 18.0. The molecular weight excluding hydrogens is 328 g/mol. The summed E-state index contributed by atoms with van der Waals surface area (Å²) in [5.74, 6) is 0.305. The molecule has 0 saturated carbocycles. The van der Waals surface area contributed by atoms with Crippen molar-refractivity contribution in [1.29, 1.82) is 0 Å². The lowest BCUT2D eigenvalue weighted by atomic mass is 9.81. The Balaban J connectivity index is 1.84. The molecule has 0 aromatic heterocycles. The van der Waals surface area contributed by atoms with Crippen molar-refractivity contribution in [2.45, 2.75) is 12.8 Å². The number of aromatic hydroxyl groups is 1. The van der Waals surface area contributed by atoms with E-state index >= 15 is 0 Å². The number of benzene rings is 5. The Kier molecular flexibility index (Phi) is 2.93. The zero-order valence-electron chi connectivity index (χ0n) is 14.9. The highest BCUT2D eigenvalue weighted by Crippen LogP contribution is 2.43. The molecule has 1 aliphatic carbocycles. The highest BCUT2D eigenvalue weighted by molar-refractivity contribution is 6.20. The maximum absolute atomic E-state index is 9.70. The standard InChI is InChI=1S/C26H18O/c27-20-11-8-16(9-12-20)24-15-19-14-18-4-1-2-6-21(18)23-13-10-17-5-3-7-22(24)25(17)26(19)23/h1-9,11-12,14-15,27H,10,13H2. The normalized spacial score (nSPS) is 13.0. The third-order valence-corrected chi connectivity index (χ3v) is 6.00. The predicted molar refractivity (Wildman–Crippen MR) is 113 cm³/mol. The number of hydrogen-bond acceptors (Lipinski definition) is 1. The van der Waals surface area contributed by atoms with Gasteiger partial charge in [0.05, 0.1) is 0 Å². The Morgan fingerprint density at radius 2 is 1.44 bits per heavy atom. The lowest BCUT2D eigenvalue weighted by Gasteiger charge is -2.22. The van der Waals surface area contributed by atoms with Crippen molar-refractivity contribution in [2.24, 2.45) is 0 Å². The van der Waals surface area contributed by atoms with Gasteiger partial charge in [-0.1, -0.05) is 54.6 Å². The molecule has 0 spiro atoms. The van der Waals surface area contributed by atoms with Gasteiger partial charge in [0.15, 0.2) is 0 Å². The average Bonchev–Trinajstić information content (AvgIpc) is 2.72. The van der Waals surface area contributed by atoms with Crippen molar-refractivity contribution in [3.8, 4) is 16.9 Å². The van der Waals surface area contributed by atoms with E-state index in [1.807, 2.05) is 12.1 Å². The number of phenols is 1. The SMILES string of the molecule is Oc1ccc(-c2cc3cc4ccccc4c4c3c3c(cccc23)CC4)cc1. The molecule has 0 heterocycles. The predicted octanol–water partition coefficient (Wildman–Crippen LogP) is 6.62. The van der Waals surface area contributed by atoms with Gasteiger partial charge in [0, 0.05) is 0 Å². The summed E-state index contributed by atoms with van der Waals surface area (Å²) in [6.45, 7) is 0. The highest BCUT2D eigenvalue weighted by atomic mass is 16.3. The van der Waals surface area contributed by atoms with Crippen molar-refractivity contribution < 1.29 is 5.11 Å². The molecule has 0 unspecified atom stereocenters. The van der Waals surface area contributed by atoms with Crippen LogP contribution in [0.1, 0.15) is 11.1 Å². The van der Waals surface area contributed by atoms with Crippen LogP contribution < -0.4 is 0 Å². The van der Waals surface area contributed by atoms with Crippen molar-refractivity contribution in [3.05, 3.63) is 90.0 Å². The minimum Gasteiger partial charge on any atom is -0.508 e. The topological polar surface area (TPSA) is 20.2 Å². The van der Waals surface area contributed by atoms with E-state index in [9.17, 15) is 5.11 Å². The molecule has 5 aromatic rings. The molecule has 1 nitrogen and oxygen atoms in total. The quantitative estimate of drug-likeness (QED) is 0.267. The second-order valence-electron chi connectivity index (χ2n) is 7.49. The molecule has 0 aliphatic heterocycles. The molecule has 128 valence electrons.